The molecule has 0 saturated carbocycles. The van der Waals surface area contributed by atoms with Crippen molar-refractivity contribution in [2.24, 2.45) is 0 Å². The summed E-state index contributed by atoms with van der Waals surface area (Å²) >= 11 is 0. The van der Waals surface area contributed by atoms with Crippen LogP contribution in [0.25, 0.3) is 0 Å². The molecule has 0 unspecified atom stereocenters. The number of benzene rings is 1. The number of nitrogens with zero attached hydrogens (tertiary/aromatic N) is 2. The third-order valence-corrected chi connectivity index (χ3v) is 5.42. The molecule has 2 rings (SSSR count). The Kier molecular flexibility index (Phi) is 3.63. The largest absolute Gasteiger partial charge is 0.314 e. The summed E-state index contributed by atoms with van der Waals surface area (Å²) in [6, 6.07) is 8.03. The van der Waals surface area contributed by atoms with E-state index in [2.05, 4.69) is 5.32 Å². The molecule has 1 saturated heterocycles. The Morgan fingerprint density at radius 2 is 1.95 bits per heavy atom. The molecule has 0 aliphatic carbocycles. The quantitative estimate of drug-likeness (QED) is 0.874. The third-order valence-electron chi connectivity index (χ3n) is 3.30. The predicted molar refractivity (Wildman–Crippen MR) is 72.0 cm³/mol. The second-order valence-corrected chi connectivity index (χ2v) is 7.06. The third kappa shape index (κ3) is 2.63. The van der Waals surface area contributed by atoms with Crippen LogP contribution in [0.4, 0.5) is 0 Å². The first-order valence-electron chi connectivity index (χ1n) is 6.12. The molecule has 19 heavy (non-hydrogen) atoms. The average Bonchev–Trinajstić information content (AvgIpc) is 2.38. The fraction of sp³-hybridized carbons (Fsp3) is 0.462. The van der Waals surface area contributed by atoms with E-state index >= 15 is 0 Å². The van der Waals surface area contributed by atoms with Crippen LogP contribution in [0.3, 0.4) is 0 Å². The maximum atomic E-state index is 12.6. The smallest absolute Gasteiger partial charge is 0.243 e. The van der Waals surface area contributed by atoms with Gasteiger partial charge in [-0.25, -0.2) is 8.42 Å². The van der Waals surface area contributed by atoms with Crippen LogP contribution >= 0.6 is 0 Å². The van der Waals surface area contributed by atoms with Gasteiger partial charge < -0.3 is 5.32 Å². The van der Waals surface area contributed by atoms with Gasteiger partial charge in [0.05, 0.1) is 16.5 Å². The molecule has 1 N–H and O–H groups in total. The highest BCUT2D eigenvalue weighted by molar-refractivity contribution is 7.89. The summed E-state index contributed by atoms with van der Waals surface area (Å²) in [7, 11) is -3.51. The summed E-state index contributed by atoms with van der Waals surface area (Å²) in [4.78, 5) is 0.237. The lowest BCUT2D eigenvalue weighted by Crippen LogP contribution is -2.59. The lowest BCUT2D eigenvalue weighted by molar-refractivity contribution is 0.186. The van der Waals surface area contributed by atoms with E-state index in [4.69, 9.17) is 5.26 Å². The van der Waals surface area contributed by atoms with Crippen LogP contribution in [0.1, 0.15) is 19.4 Å². The lowest BCUT2D eigenvalue weighted by atomic mass is 10.0. The van der Waals surface area contributed by atoms with Crippen LogP contribution in [-0.2, 0) is 10.0 Å². The zero-order valence-electron chi connectivity index (χ0n) is 11.0. The minimum absolute atomic E-state index is 0.237. The molecule has 0 radical (unpaired) electrons. The van der Waals surface area contributed by atoms with Crippen LogP contribution in [0.15, 0.2) is 29.2 Å². The summed E-state index contributed by atoms with van der Waals surface area (Å²) < 4.78 is 26.8. The van der Waals surface area contributed by atoms with E-state index < -0.39 is 15.6 Å². The van der Waals surface area contributed by atoms with Crippen LogP contribution in [-0.4, -0.2) is 37.9 Å². The number of hydrogen-bond acceptors (Lipinski definition) is 4. The number of hydrogen-bond donors (Lipinski definition) is 1. The molecule has 0 spiro atoms. The highest BCUT2D eigenvalue weighted by Crippen LogP contribution is 2.25. The number of piperazine rings is 1. The lowest BCUT2D eigenvalue weighted by Gasteiger charge is -2.41. The zero-order valence-corrected chi connectivity index (χ0v) is 11.9. The average molecular weight is 279 g/mol. The second kappa shape index (κ2) is 4.93. The molecule has 1 aliphatic heterocycles. The van der Waals surface area contributed by atoms with Gasteiger partial charge >= 0.3 is 0 Å². The van der Waals surface area contributed by atoms with Crippen LogP contribution in [0.2, 0.25) is 0 Å². The Morgan fingerprint density at radius 1 is 1.32 bits per heavy atom. The SMILES string of the molecule is CC1(C)CNCCN1S(=O)(=O)c1ccc(C#N)cc1. The molecule has 1 fully saturated rings. The number of nitrogens with one attached hydrogen (secondary N) is 1. The number of nitriles is 1. The van der Waals surface area contributed by atoms with Crippen molar-refractivity contribution in [3.63, 3.8) is 0 Å². The molecule has 1 aromatic carbocycles. The van der Waals surface area contributed by atoms with Gasteiger partial charge in [-0.15, -0.1) is 0 Å². The molecule has 1 aromatic rings. The Balaban J connectivity index is 2.38. The van der Waals surface area contributed by atoms with Crippen molar-refractivity contribution in [1.82, 2.24) is 9.62 Å². The van der Waals surface area contributed by atoms with E-state index in [1.807, 2.05) is 19.9 Å². The van der Waals surface area contributed by atoms with Gasteiger partial charge in [-0.2, -0.15) is 9.57 Å². The van der Waals surface area contributed by atoms with Crippen molar-refractivity contribution in [2.45, 2.75) is 24.3 Å². The van der Waals surface area contributed by atoms with Gasteiger partial charge in [0.1, 0.15) is 0 Å². The standard InChI is InChI=1S/C13H17N3O2S/c1-13(2)10-15-7-8-16(13)19(17,18)12-5-3-11(9-14)4-6-12/h3-6,15H,7-8,10H2,1-2H3. The number of sulfonamides is 1. The summed E-state index contributed by atoms with van der Waals surface area (Å²) in [6.07, 6.45) is 0. The van der Waals surface area contributed by atoms with Crippen molar-refractivity contribution in [3.05, 3.63) is 29.8 Å². The van der Waals surface area contributed by atoms with Crippen LogP contribution in [0, 0.1) is 11.3 Å². The Labute approximate surface area is 113 Å². The van der Waals surface area contributed by atoms with Gasteiger partial charge in [-0.05, 0) is 38.1 Å². The van der Waals surface area contributed by atoms with Crippen molar-refractivity contribution in [2.75, 3.05) is 19.6 Å². The minimum atomic E-state index is -3.51. The fourth-order valence-electron chi connectivity index (χ4n) is 2.24. The van der Waals surface area contributed by atoms with Gasteiger partial charge in [0.25, 0.3) is 0 Å². The first-order valence-corrected chi connectivity index (χ1v) is 7.56. The molecule has 0 atom stereocenters. The van der Waals surface area contributed by atoms with E-state index in [1.165, 1.54) is 28.6 Å². The maximum Gasteiger partial charge on any atom is 0.243 e. The summed E-state index contributed by atoms with van der Waals surface area (Å²) in [6.45, 7) is 5.54. The molecule has 6 heteroatoms. The van der Waals surface area contributed by atoms with Gasteiger partial charge in [0.2, 0.25) is 10.0 Å². The zero-order chi connectivity index (χ0) is 14.1. The monoisotopic (exact) mass is 279 g/mol. The molecule has 1 aliphatic rings. The Bertz CT molecular complexity index is 600. The van der Waals surface area contributed by atoms with Crippen molar-refractivity contribution in [3.8, 4) is 6.07 Å². The highest BCUT2D eigenvalue weighted by atomic mass is 32.2. The van der Waals surface area contributed by atoms with E-state index in [1.54, 1.807) is 0 Å². The molecule has 0 amide bonds. The van der Waals surface area contributed by atoms with Gasteiger partial charge in [-0.3, -0.25) is 0 Å². The van der Waals surface area contributed by atoms with E-state index in [0.29, 0.717) is 25.2 Å². The molecular formula is C13H17N3O2S. The second-order valence-electron chi connectivity index (χ2n) is 5.20. The topological polar surface area (TPSA) is 73.2 Å². The Hall–Kier alpha value is -1.42. The molecule has 1 heterocycles. The molecule has 5 nitrogen and oxygen atoms in total. The Morgan fingerprint density at radius 3 is 2.47 bits per heavy atom. The van der Waals surface area contributed by atoms with Crippen molar-refractivity contribution in [1.29, 1.82) is 5.26 Å². The first kappa shape index (κ1) is 14.0. The summed E-state index contributed by atoms with van der Waals surface area (Å²) in [5.41, 5.74) is 0.00357. The van der Waals surface area contributed by atoms with Gasteiger partial charge in [0, 0.05) is 25.2 Å². The van der Waals surface area contributed by atoms with Crippen LogP contribution < -0.4 is 5.32 Å². The molecular weight excluding hydrogens is 262 g/mol. The predicted octanol–water partition coefficient (Wildman–Crippen LogP) is 0.931. The normalized spacial score (nSPS) is 19.8. The van der Waals surface area contributed by atoms with Crippen LogP contribution in [0.5, 0.6) is 0 Å². The summed E-state index contributed by atoms with van der Waals surface area (Å²) in [5.74, 6) is 0. The first-order chi connectivity index (χ1) is 8.88. The van der Waals surface area contributed by atoms with Crippen molar-refractivity contribution >= 4 is 10.0 Å². The van der Waals surface area contributed by atoms with E-state index in [0.717, 1.165) is 0 Å². The van der Waals surface area contributed by atoms with E-state index in [-0.39, 0.29) is 4.90 Å². The molecule has 102 valence electrons. The number of rotatable bonds is 2. The highest BCUT2D eigenvalue weighted by Gasteiger charge is 2.38. The van der Waals surface area contributed by atoms with E-state index in [9.17, 15) is 8.42 Å². The van der Waals surface area contributed by atoms with Gasteiger partial charge in [0.15, 0.2) is 0 Å². The maximum absolute atomic E-state index is 12.6. The fourth-order valence-corrected chi connectivity index (χ4v) is 4.02. The minimum Gasteiger partial charge on any atom is -0.314 e. The van der Waals surface area contributed by atoms with Gasteiger partial charge in [-0.1, -0.05) is 0 Å². The molecule has 0 bridgehead atoms. The van der Waals surface area contributed by atoms with Crippen molar-refractivity contribution < 1.29 is 8.42 Å². The summed E-state index contributed by atoms with van der Waals surface area (Å²) in [5, 5.41) is 11.9. The molecule has 0 aromatic heterocycles.